The Morgan fingerprint density at radius 1 is 0.925 bits per heavy atom. The molecule has 1 aliphatic rings. The van der Waals surface area contributed by atoms with Gasteiger partial charge in [-0.05, 0) is 62.1 Å². The van der Waals surface area contributed by atoms with Crippen LogP contribution < -0.4 is 9.62 Å². The number of amides is 2. The highest BCUT2D eigenvalue weighted by Gasteiger charge is 2.33. The normalized spacial score (nSPS) is 14.8. The maximum Gasteiger partial charge on any atom is 0.264 e. The molecule has 1 N–H and O–H groups in total. The van der Waals surface area contributed by atoms with Gasteiger partial charge in [0, 0.05) is 17.1 Å². The summed E-state index contributed by atoms with van der Waals surface area (Å²) in [5.41, 5.74) is 1.38. The van der Waals surface area contributed by atoms with Crippen LogP contribution in [0.5, 0.6) is 0 Å². The number of sulfonamides is 1. The van der Waals surface area contributed by atoms with E-state index in [1.54, 1.807) is 49.4 Å². The number of carbonyl (C=O) groups is 2. The molecular weight excluding hydrogens is 590 g/mol. The van der Waals surface area contributed by atoms with Crippen LogP contribution in [0.15, 0.2) is 94.3 Å². The standard InChI is InChI=1S/C31H36BrN3O4S/c1-24(31(37)33-27-15-7-3-8-16-27)34(21-20-25-12-5-2-6-13-25)30(36)23-35(28-17-11-14-26(32)22-28)40(38,39)29-18-9-4-10-19-29/h2,4-6,9-14,17-19,22,24,27H,3,7-8,15-16,20-21,23H2,1H3,(H,33,37)/t24-/m1/s1. The minimum atomic E-state index is -4.07. The van der Waals surface area contributed by atoms with Gasteiger partial charge in [0.25, 0.3) is 10.0 Å². The summed E-state index contributed by atoms with van der Waals surface area (Å²) < 4.78 is 29.4. The van der Waals surface area contributed by atoms with Crippen molar-refractivity contribution in [3.05, 3.63) is 95.0 Å². The lowest BCUT2D eigenvalue weighted by molar-refractivity contribution is -0.139. The van der Waals surface area contributed by atoms with E-state index in [1.165, 1.54) is 23.5 Å². The van der Waals surface area contributed by atoms with Crippen molar-refractivity contribution >= 4 is 43.5 Å². The Bertz CT molecular complexity index is 1380. The maximum absolute atomic E-state index is 14.0. The molecule has 7 nitrogen and oxygen atoms in total. The number of anilines is 1. The van der Waals surface area contributed by atoms with Crippen molar-refractivity contribution in [1.82, 2.24) is 10.2 Å². The van der Waals surface area contributed by atoms with Gasteiger partial charge in [-0.15, -0.1) is 0 Å². The molecule has 212 valence electrons. The van der Waals surface area contributed by atoms with Crippen molar-refractivity contribution in [2.75, 3.05) is 17.4 Å². The lowest BCUT2D eigenvalue weighted by Gasteiger charge is -2.33. The van der Waals surface area contributed by atoms with Crippen molar-refractivity contribution < 1.29 is 18.0 Å². The first-order chi connectivity index (χ1) is 19.3. The second-order valence-electron chi connectivity index (χ2n) is 10.1. The van der Waals surface area contributed by atoms with Crippen LogP contribution in [-0.2, 0) is 26.0 Å². The van der Waals surface area contributed by atoms with E-state index in [4.69, 9.17) is 0 Å². The van der Waals surface area contributed by atoms with Crippen LogP contribution in [-0.4, -0.2) is 50.3 Å². The van der Waals surface area contributed by atoms with E-state index in [-0.39, 0.29) is 23.4 Å². The highest BCUT2D eigenvalue weighted by Crippen LogP contribution is 2.27. The van der Waals surface area contributed by atoms with Crippen LogP contribution in [0.4, 0.5) is 5.69 Å². The largest absolute Gasteiger partial charge is 0.352 e. The zero-order valence-corrected chi connectivity index (χ0v) is 25.1. The molecule has 0 spiro atoms. The molecule has 1 fully saturated rings. The molecule has 9 heteroatoms. The predicted octanol–water partition coefficient (Wildman–Crippen LogP) is 5.55. The van der Waals surface area contributed by atoms with Crippen molar-refractivity contribution in [3.8, 4) is 0 Å². The van der Waals surface area contributed by atoms with Crippen LogP contribution in [0.2, 0.25) is 0 Å². The quantitative estimate of drug-likeness (QED) is 0.302. The summed E-state index contributed by atoms with van der Waals surface area (Å²) in [4.78, 5) is 28.9. The second-order valence-corrected chi connectivity index (χ2v) is 12.9. The summed E-state index contributed by atoms with van der Waals surface area (Å²) in [6, 6.07) is 24.0. The molecule has 4 rings (SSSR count). The molecule has 0 saturated heterocycles. The topological polar surface area (TPSA) is 86.8 Å². The fraction of sp³-hybridized carbons (Fsp3) is 0.355. The Morgan fingerprint density at radius 2 is 1.57 bits per heavy atom. The highest BCUT2D eigenvalue weighted by atomic mass is 79.9. The van der Waals surface area contributed by atoms with Gasteiger partial charge < -0.3 is 10.2 Å². The Balaban J connectivity index is 1.62. The molecule has 1 aliphatic carbocycles. The van der Waals surface area contributed by atoms with Crippen molar-refractivity contribution in [2.24, 2.45) is 0 Å². The average Bonchev–Trinajstić information content (AvgIpc) is 2.97. The van der Waals surface area contributed by atoms with Crippen molar-refractivity contribution in [3.63, 3.8) is 0 Å². The number of carbonyl (C=O) groups excluding carboxylic acids is 2. The number of rotatable bonds is 11. The lowest BCUT2D eigenvalue weighted by atomic mass is 9.95. The third-order valence-electron chi connectivity index (χ3n) is 7.31. The smallest absolute Gasteiger partial charge is 0.264 e. The summed E-state index contributed by atoms with van der Waals surface area (Å²) >= 11 is 3.42. The van der Waals surface area contributed by atoms with E-state index in [0.29, 0.717) is 16.6 Å². The van der Waals surface area contributed by atoms with Gasteiger partial charge in [-0.1, -0.05) is 89.8 Å². The molecule has 2 amide bonds. The first kappa shape index (κ1) is 29.8. The molecule has 1 saturated carbocycles. The fourth-order valence-corrected chi connectivity index (χ4v) is 6.83. The van der Waals surface area contributed by atoms with Gasteiger partial charge in [0.05, 0.1) is 10.6 Å². The van der Waals surface area contributed by atoms with Crippen LogP contribution in [0.1, 0.15) is 44.6 Å². The Morgan fingerprint density at radius 3 is 2.23 bits per heavy atom. The Kier molecular flexibility index (Phi) is 10.4. The molecule has 3 aromatic carbocycles. The van der Waals surface area contributed by atoms with Gasteiger partial charge >= 0.3 is 0 Å². The summed E-state index contributed by atoms with van der Waals surface area (Å²) in [6.07, 6.45) is 5.73. The van der Waals surface area contributed by atoms with E-state index in [9.17, 15) is 18.0 Å². The third-order valence-corrected chi connectivity index (χ3v) is 9.59. The molecule has 0 aromatic heterocycles. The van der Waals surface area contributed by atoms with Crippen LogP contribution >= 0.6 is 15.9 Å². The number of benzene rings is 3. The van der Waals surface area contributed by atoms with E-state index in [2.05, 4.69) is 21.2 Å². The Labute approximate surface area is 245 Å². The van der Waals surface area contributed by atoms with Gasteiger partial charge in [-0.25, -0.2) is 8.42 Å². The monoisotopic (exact) mass is 625 g/mol. The molecule has 0 heterocycles. The van der Waals surface area contributed by atoms with Crippen LogP contribution in [0.25, 0.3) is 0 Å². The molecule has 3 aromatic rings. The van der Waals surface area contributed by atoms with E-state index in [1.807, 2.05) is 30.3 Å². The Hall–Kier alpha value is -3.17. The van der Waals surface area contributed by atoms with Crippen molar-refractivity contribution in [2.45, 2.75) is 62.4 Å². The summed E-state index contributed by atoms with van der Waals surface area (Å²) in [5.74, 6) is -0.657. The molecule has 0 radical (unpaired) electrons. The third kappa shape index (κ3) is 7.73. The van der Waals surface area contributed by atoms with E-state index in [0.717, 1.165) is 35.6 Å². The number of halogens is 1. The SMILES string of the molecule is C[C@H](C(=O)NC1CCCCC1)N(CCc1ccccc1)C(=O)CN(c1cccc(Br)c1)S(=O)(=O)c1ccccc1. The average molecular weight is 627 g/mol. The molecule has 0 bridgehead atoms. The molecule has 1 atom stereocenters. The van der Waals surface area contributed by atoms with Crippen LogP contribution in [0, 0.1) is 0 Å². The molecular formula is C31H36BrN3O4S. The summed E-state index contributed by atoms with van der Waals surface area (Å²) in [7, 11) is -4.07. The van der Waals surface area contributed by atoms with Gasteiger partial charge in [-0.2, -0.15) is 0 Å². The van der Waals surface area contributed by atoms with Gasteiger partial charge in [-0.3, -0.25) is 13.9 Å². The highest BCUT2D eigenvalue weighted by molar-refractivity contribution is 9.10. The molecule has 0 aliphatic heterocycles. The lowest BCUT2D eigenvalue weighted by Crippen LogP contribution is -2.53. The van der Waals surface area contributed by atoms with Gasteiger partial charge in [0.2, 0.25) is 11.8 Å². The first-order valence-electron chi connectivity index (χ1n) is 13.7. The number of nitrogens with one attached hydrogen (secondary N) is 1. The molecule has 40 heavy (non-hydrogen) atoms. The second kappa shape index (κ2) is 13.9. The summed E-state index contributed by atoms with van der Waals surface area (Å²) in [6.45, 7) is 1.56. The van der Waals surface area contributed by atoms with E-state index < -0.39 is 28.5 Å². The number of hydrogen-bond donors (Lipinski definition) is 1. The number of hydrogen-bond acceptors (Lipinski definition) is 4. The van der Waals surface area contributed by atoms with Gasteiger partial charge in [0.1, 0.15) is 12.6 Å². The fourth-order valence-electron chi connectivity index (χ4n) is 5.02. The van der Waals surface area contributed by atoms with E-state index >= 15 is 0 Å². The zero-order valence-electron chi connectivity index (χ0n) is 22.7. The van der Waals surface area contributed by atoms with Crippen molar-refractivity contribution in [1.29, 1.82) is 0 Å². The predicted molar refractivity (Wildman–Crippen MR) is 161 cm³/mol. The van der Waals surface area contributed by atoms with Crippen LogP contribution in [0.3, 0.4) is 0 Å². The first-order valence-corrected chi connectivity index (χ1v) is 16.0. The zero-order chi connectivity index (χ0) is 28.5. The number of nitrogens with zero attached hydrogens (tertiary/aromatic N) is 2. The summed E-state index contributed by atoms with van der Waals surface area (Å²) in [5, 5.41) is 3.13. The van der Waals surface area contributed by atoms with Gasteiger partial charge in [0.15, 0.2) is 0 Å². The molecule has 0 unspecified atom stereocenters. The minimum Gasteiger partial charge on any atom is -0.352 e. The minimum absolute atomic E-state index is 0.0849. The maximum atomic E-state index is 14.0.